The molecule has 2 heterocycles. The van der Waals surface area contributed by atoms with Gasteiger partial charge in [-0.25, -0.2) is 9.97 Å². The highest BCUT2D eigenvalue weighted by Gasteiger charge is 2.19. The van der Waals surface area contributed by atoms with Crippen LogP contribution in [-0.2, 0) is 0 Å². The van der Waals surface area contributed by atoms with Crippen LogP contribution in [-0.4, -0.2) is 49.8 Å². The van der Waals surface area contributed by atoms with E-state index in [1.54, 1.807) is 7.11 Å². The zero-order valence-electron chi connectivity index (χ0n) is 16.7. The molecule has 6 heteroatoms. The number of hydrogen-bond acceptors (Lipinski definition) is 6. The molecule has 1 aliphatic heterocycles. The summed E-state index contributed by atoms with van der Waals surface area (Å²) < 4.78 is 5.25. The molecular formula is C21H31N5O. The summed E-state index contributed by atoms with van der Waals surface area (Å²) >= 11 is 0. The first-order valence-electron chi connectivity index (χ1n) is 9.93. The molecular weight excluding hydrogens is 338 g/mol. The molecule has 0 saturated carbocycles. The Balaban J connectivity index is 1.58. The number of rotatable bonds is 8. The van der Waals surface area contributed by atoms with Crippen LogP contribution < -0.4 is 19.9 Å². The Labute approximate surface area is 162 Å². The molecule has 6 nitrogen and oxygen atoms in total. The van der Waals surface area contributed by atoms with Crippen LogP contribution in [0.2, 0.25) is 0 Å². The number of nitrogens with zero attached hydrogens (tertiary/aromatic N) is 4. The lowest BCUT2D eigenvalue weighted by Crippen LogP contribution is -2.46. The molecule has 3 rings (SSSR count). The van der Waals surface area contributed by atoms with Crippen molar-refractivity contribution in [1.29, 1.82) is 0 Å². The van der Waals surface area contributed by atoms with Gasteiger partial charge in [0, 0.05) is 44.5 Å². The minimum absolute atomic E-state index is 0.822. The van der Waals surface area contributed by atoms with Crippen LogP contribution in [0, 0.1) is 6.92 Å². The second-order valence-corrected chi connectivity index (χ2v) is 6.96. The average molecular weight is 370 g/mol. The van der Waals surface area contributed by atoms with E-state index in [-0.39, 0.29) is 0 Å². The smallest absolute Gasteiger partial charge is 0.134 e. The van der Waals surface area contributed by atoms with Gasteiger partial charge in [0.05, 0.1) is 7.11 Å². The fraction of sp³-hybridized carbons (Fsp3) is 0.524. The zero-order valence-corrected chi connectivity index (χ0v) is 16.7. The highest BCUT2D eigenvalue weighted by atomic mass is 16.5. The Bertz CT molecular complexity index is 711. The minimum atomic E-state index is 0.822. The van der Waals surface area contributed by atoms with Gasteiger partial charge < -0.3 is 19.9 Å². The van der Waals surface area contributed by atoms with Crippen molar-refractivity contribution in [3.8, 4) is 5.75 Å². The summed E-state index contributed by atoms with van der Waals surface area (Å²) in [5.74, 6) is 3.68. The predicted octanol–water partition coefficient (Wildman–Crippen LogP) is 3.72. The maximum absolute atomic E-state index is 5.25. The van der Waals surface area contributed by atoms with E-state index in [4.69, 9.17) is 4.74 Å². The maximum Gasteiger partial charge on any atom is 0.134 e. The summed E-state index contributed by atoms with van der Waals surface area (Å²) in [4.78, 5) is 14.0. The Kier molecular flexibility index (Phi) is 6.74. The molecule has 1 saturated heterocycles. The molecule has 0 bridgehead atoms. The van der Waals surface area contributed by atoms with E-state index in [1.807, 2.05) is 19.1 Å². The number of piperazine rings is 1. The first kappa shape index (κ1) is 19.3. The summed E-state index contributed by atoms with van der Waals surface area (Å²) in [6.07, 6.45) is 3.65. The van der Waals surface area contributed by atoms with E-state index < -0.39 is 0 Å². The maximum atomic E-state index is 5.25. The number of benzene rings is 1. The largest absolute Gasteiger partial charge is 0.497 e. The number of methoxy groups -OCH3 is 1. The first-order valence-corrected chi connectivity index (χ1v) is 9.93. The van der Waals surface area contributed by atoms with Gasteiger partial charge in [0.25, 0.3) is 0 Å². The third-order valence-corrected chi connectivity index (χ3v) is 4.95. The Morgan fingerprint density at radius 3 is 2.37 bits per heavy atom. The van der Waals surface area contributed by atoms with Crippen LogP contribution in [0.1, 0.15) is 32.0 Å². The molecule has 1 N–H and O–H groups in total. The fourth-order valence-electron chi connectivity index (χ4n) is 3.38. The van der Waals surface area contributed by atoms with Gasteiger partial charge in [-0.05, 0) is 37.6 Å². The molecule has 1 aromatic heterocycles. The first-order chi connectivity index (χ1) is 13.2. The number of hydrogen-bond donors (Lipinski definition) is 1. The number of aromatic nitrogens is 2. The number of unbranched alkanes of at least 4 members (excludes halogenated alkanes) is 2. The molecule has 1 aromatic carbocycles. The summed E-state index contributed by atoms with van der Waals surface area (Å²) in [5, 5.41) is 3.45. The summed E-state index contributed by atoms with van der Waals surface area (Å²) in [7, 11) is 1.70. The van der Waals surface area contributed by atoms with E-state index in [1.165, 1.54) is 24.9 Å². The van der Waals surface area contributed by atoms with Gasteiger partial charge in [0.1, 0.15) is 23.2 Å². The predicted molar refractivity (Wildman–Crippen MR) is 112 cm³/mol. The lowest BCUT2D eigenvalue weighted by atomic mass is 10.2. The lowest BCUT2D eigenvalue weighted by molar-refractivity contribution is 0.415. The average Bonchev–Trinajstić information content (AvgIpc) is 2.71. The van der Waals surface area contributed by atoms with Gasteiger partial charge in [0.15, 0.2) is 0 Å². The summed E-state index contributed by atoms with van der Waals surface area (Å²) in [5.41, 5.74) is 1.24. The SMILES string of the molecule is CCCCCNc1cc(N2CCN(c3ccc(OC)cc3)CC2)nc(C)n1. The van der Waals surface area contributed by atoms with E-state index in [0.717, 1.165) is 55.9 Å². The molecule has 146 valence electrons. The fourth-order valence-corrected chi connectivity index (χ4v) is 3.38. The zero-order chi connectivity index (χ0) is 19.1. The molecule has 0 aliphatic carbocycles. The molecule has 0 radical (unpaired) electrons. The van der Waals surface area contributed by atoms with Crippen molar-refractivity contribution in [2.45, 2.75) is 33.1 Å². The molecule has 0 unspecified atom stereocenters. The van der Waals surface area contributed by atoms with Crippen molar-refractivity contribution in [2.24, 2.45) is 0 Å². The van der Waals surface area contributed by atoms with Gasteiger partial charge >= 0.3 is 0 Å². The van der Waals surface area contributed by atoms with Gasteiger partial charge in [-0.3, -0.25) is 0 Å². The molecule has 0 amide bonds. The Morgan fingerprint density at radius 1 is 1.00 bits per heavy atom. The Morgan fingerprint density at radius 2 is 1.70 bits per heavy atom. The van der Waals surface area contributed by atoms with E-state index in [2.05, 4.69) is 50.2 Å². The second kappa shape index (κ2) is 9.44. The van der Waals surface area contributed by atoms with Crippen molar-refractivity contribution in [1.82, 2.24) is 9.97 Å². The Hall–Kier alpha value is -2.50. The molecule has 0 spiro atoms. The molecule has 2 aromatic rings. The van der Waals surface area contributed by atoms with Crippen LogP contribution in [0.5, 0.6) is 5.75 Å². The van der Waals surface area contributed by atoms with Gasteiger partial charge in [0.2, 0.25) is 0 Å². The number of nitrogens with one attached hydrogen (secondary N) is 1. The van der Waals surface area contributed by atoms with Crippen LogP contribution in [0.25, 0.3) is 0 Å². The number of aryl methyl sites for hydroxylation is 1. The van der Waals surface area contributed by atoms with Crippen LogP contribution in [0.15, 0.2) is 30.3 Å². The topological polar surface area (TPSA) is 53.5 Å². The van der Waals surface area contributed by atoms with Gasteiger partial charge in [-0.15, -0.1) is 0 Å². The highest BCUT2D eigenvalue weighted by molar-refractivity contribution is 5.53. The van der Waals surface area contributed by atoms with Crippen LogP contribution in [0.4, 0.5) is 17.3 Å². The van der Waals surface area contributed by atoms with Crippen LogP contribution in [0.3, 0.4) is 0 Å². The van der Waals surface area contributed by atoms with Crippen molar-refractivity contribution >= 4 is 17.3 Å². The van der Waals surface area contributed by atoms with Crippen molar-refractivity contribution in [3.05, 3.63) is 36.2 Å². The van der Waals surface area contributed by atoms with E-state index in [9.17, 15) is 0 Å². The van der Waals surface area contributed by atoms with Crippen molar-refractivity contribution in [3.63, 3.8) is 0 Å². The van der Waals surface area contributed by atoms with E-state index >= 15 is 0 Å². The molecule has 1 fully saturated rings. The molecule has 1 aliphatic rings. The third kappa shape index (κ3) is 5.25. The van der Waals surface area contributed by atoms with E-state index in [0.29, 0.717) is 0 Å². The summed E-state index contributed by atoms with van der Waals surface area (Å²) in [6.45, 7) is 9.03. The standard InChI is InChI=1S/C21H31N5O/c1-4-5-6-11-22-20-16-21(24-17(2)23-20)26-14-12-25(13-15-26)18-7-9-19(27-3)10-8-18/h7-10,16H,4-6,11-15H2,1-3H3,(H,22,23,24). The summed E-state index contributed by atoms with van der Waals surface area (Å²) in [6, 6.07) is 10.4. The third-order valence-electron chi connectivity index (χ3n) is 4.95. The monoisotopic (exact) mass is 369 g/mol. The quantitative estimate of drug-likeness (QED) is 0.716. The minimum Gasteiger partial charge on any atom is -0.497 e. The van der Waals surface area contributed by atoms with Gasteiger partial charge in [-0.2, -0.15) is 0 Å². The number of anilines is 3. The molecule has 0 atom stereocenters. The van der Waals surface area contributed by atoms with Crippen molar-refractivity contribution in [2.75, 3.05) is 55.0 Å². The highest BCUT2D eigenvalue weighted by Crippen LogP contribution is 2.23. The second-order valence-electron chi connectivity index (χ2n) is 6.96. The normalized spacial score (nSPS) is 14.3. The number of ether oxygens (including phenoxy) is 1. The molecule has 27 heavy (non-hydrogen) atoms. The van der Waals surface area contributed by atoms with Crippen molar-refractivity contribution < 1.29 is 4.74 Å². The van der Waals surface area contributed by atoms with Crippen LogP contribution >= 0.6 is 0 Å². The van der Waals surface area contributed by atoms with Gasteiger partial charge in [-0.1, -0.05) is 19.8 Å². The lowest BCUT2D eigenvalue weighted by Gasteiger charge is -2.37.